The number of nitrogens with one attached hydrogen (secondary N) is 1. The van der Waals surface area contributed by atoms with Crippen LogP contribution in [0, 0.1) is 0 Å². The highest BCUT2D eigenvalue weighted by molar-refractivity contribution is 5.94. The maximum Gasteiger partial charge on any atom is 0.253 e. The monoisotopic (exact) mass is 221 g/mol. The van der Waals surface area contributed by atoms with E-state index >= 15 is 0 Å². The molecule has 88 valence electrons. The lowest BCUT2D eigenvalue weighted by atomic mass is 10.2. The van der Waals surface area contributed by atoms with Crippen molar-refractivity contribution in [3.05, 3.63) is 23.9 Å². The van der Waals surface area contributed by atoms with E-state index in [0.717, 1.165) is 25.3 Å². The minimum Gasteiger partial charge on any atom is -0.370 e. The van der Waals surface area contributed by atoms with Crippen molar-refractivity contribution >= 4 is 11.7 Å². The quantitative estimate of drug-likeness (QED) is 0.827. The van der Waals surface area contributed by atoms with Gasteiger partial charge in [0.05, 0.1) is 0 Å². The molecule has 4 nitrogen and oxygen atoms in total. The zero-order chi connectivity index (χ0) is 12.0. The molecule has 16 heavy (non-hydrogen) atoms. The molecule has 0 aliphatic carbocycles. The molecule has 1 heterocycles. The molecule has 1 aromatic heterocycles. The van der Waals surface area contributed by atoms with Crippen molar-refractivity contribution in [2.45, 2.75) is 20.3 Å². The van der Waals surface area contributed by atoms with Gasteiger partial charge in [-0.15, -0.1) is 0 Å². The highest BCUT2D eigenvalue weighted by atomic mass is 16.2. The minimum absolute atomic E-state index is 0.0448. The first-order chi connectivity index (χ1) is 7.69. The van der Waals surface area contributed by atoms with Gasteiger partial charge in [0, 0.05) is 31.9 Å². The van der Waals surface area contributed by atoms with Crippen LogP contribution in [0.1, 0.15) is 30.6 Å². The van der Waals surface area contributed by atoms with E-state index in [2.05, 4.69) is 17.2 Å². The molecular formula is C12H19N3O. The van der Waals surface area contributed by atoms with Crippen LogP contribution >= 0.6 is 0 Å². The third-order valence-electron chi connectivity index (χ3n) is 2.27. The van der Waals surface area contributed by atoms with Gasteiger partial charge in [0.1, 0.15) is 5.82 Å². The summed E-state index contributed by atoms with van der Waals surface area (Å²) < 4.78 is 0. The smallest absolute Gasteiger partial charge is 0.253 e. The fourth-order valence-corrected chi connectivity index (χ4v) is 1.50. The van der Waals surface area contributed by atoms with Crippen molar-refractivity contribution in [2.75, 3.05) is 25.5 Å². The maximum atomic E-state index is 12.0. The Morgan fingerprint density at radius 3 is 2.88 bits per heavy atom. The van der Waals surface area contributed by atoms with Crippen LogP contribution in [0.3, 0.4) is 0 Å². The summed E-state index contributed by atoms with van der Waals surface area (Å²) in [7, 11) is 1.82. The zero-order valence-electron chi connectivity index (χ0n) is 10.2. The molecule has 0 fully saturated rings. The van der Waals surface area contributed by atoms with Gasteiger partial charge in [-0.25, -0.2) is 4.98 Å². The van der Waals surface area contributed by atoms with E-state index in [1.165, 1.54) is 0 Å². The average molecular weight is 221 g/mol. The fourth-order valence-electron chi connectivity index (χ4n) is 1.50. The Kier molecular flexibility index (Phi) is 4.76. The van der Waals surface area contributed by atoms with Crippen LogP contribution in [0.25, 0.3) is 0 Å². The summed E-state index contributed by atoms with van der Waals surface area (Å²) in [5, 5.41) is 3.09. The summed E-state index contributed by atoms with van der Waals surface area (Å²) >= 11 is 0. The summed E-state index contributed by atoms with van der Waals surface area (Å²) in [6.45, 7) is 5.63. The molecule has 1 aromatic rings. The van der Waals surface area contributed by atoms with Gasteiger partial charge in [-0.1, -0.05) is 6.92 Å². The molecule has 4 heteroatoms. The van der Waals surface area contributed by atoms with E-state index in [4.69, 9.17) is 0 Å². The SMILES string of the molecule is CCCN(C)C(=O)c1ccnc(NCC)c1. The standard InChI is InChI=1S/C12H19N3O/c1-4-8-15(3)12(16)10-6-7-14-11(9-10)13-5-2/h6-7,9H,4-5,8H2,1-3H3,(H,13,14). The number of nitrogens with zero attached hydrogens (tertiary/aromatic N) is 2. The van der Waals surface area contributed by atoms with Crippen molar-refractivity contribution in [2.24, 2.45) is 0 Å². The lowest BCUT2D eigenvalue weighted by Crippen LogP contribution is -2.27. The van der Waals surface area contributed by atoms with Crippen LogP contribution in [0.15, 0.2) is 18.3 Å². The van der Waals surface area contributed by atoms with Crippen molar-refractivity contribution in [1.29, 1.82) is 0 Å². The van der Waals surface area contributed by atoms with Gasteiger partial charge >= 0.3 is 0 Å². The number of aromatic nitrogens is 1. The van der Waals surface area contributed by atoms with Crippen molar-refractivity contribution in [1.82, 2.24) is 9.88 Å². The van der Waals surface area contributed by atoms with Gasteiger partial charge in [0.2, 0.25) is 0 Å². The first kappa shape index (κ1) is 12.5. The molecule has 0 saturated heterocycles. The van der Waals surface area contributed by atoms with Crippen LogP contribution in [0.2, 0.25) is 0 Å². The Labute approximate surface area is 96.7 Å². The van der Waals surface area contributed by atoms with Gasteiger partial charge < -0.3 is 10.2 Å². The van der Waals surface area contributed by atoms with Crippen LogP contribution in [-0.2, 0) is 0 Å². The van der Waals surface area contributed by atoms with Gasteiger partial charge in [-0.05, 0) is 25.5 Å². The third-order valence-corrected chi connectivity index (χ3v) is 2.27. The predicted molar refractivity (Wildman–Crippen MR) is 65.7 cm³/mol. The summed E-state index contributed by atoms with van der Waals surface area (Å²) in [4.78, 5) is 17.8. The van der Waals surface area contributed by atoms with Gasteiger partial charge in [-0.3, -0.25) is 4.79 Å². The molecule has 0 aliphatic rings. The molecular weight excluding hydrogens is 202 g/mol. The molecule has 0 radical (unpaired) electrons. The van der Waals surface area contributed by atoms with E-state index in [1.807, 2.05) is 14.0 Å². The molecule has 1 rings (SSSR count). The van der Waals surface area contributed by atoms with E-state index in [1.54, 1.807) is 23.2 Å². The second-order valence-electron chi connectivity index (χ2n) is 3.69. The first-order valence-corrected chi connectivity index (χ1v) is 5.64. The van der Waals surface area contributed by atoms with Crippen LogP contribution < -0.4 is 5.32 Å². The molecule has 1 amide bonds. The van der Waals surface area contributed by atoms with Gasteiger partial charge in [0.15, 0.2) is 0 Å². The maximum absolute atomic E-state index is 12.0. The van der Waals surface area contributed by atoms with E-state index in [-0.39, 0.29) is 5.91 Å². The van der Waals surface area contributed by atoms with Crippen LogP contribution in [0.5, 0.6) is 0 Å². The number of hydrogen-bond donors (Lipinski definition) is 1. The summed E-state index contributed by atoms with van der Waals surface area (Å²) in [6.07, 6.45) is 2.62. The number of anilines is 1. The molecule has 0 bridgehead atoms. The topological polar surface area (TPSA) is 45.2 Å². The Balaban J connectivity index is 2.78. The van der Waals surface area contributed by atoms with Crippen LogP contribution in [-0.4, -0.2) is 35.9 Å². The molecule has 0 aromatic carbocycles. The molecule has 0 unspecified atom stereocenters. The molecule has 1 N–H and O–H groups in total. The zero-order valence-corrected chi connectivity index (χ0v) is 10.2. The van der Waals surface area contributed by atoms with Gasteiger partial charge in [0.25, 0.3) is 5.91 Å². The fraction of sp³-hybridized carbons (Fsp3) is 0.500. The lowest BCUT2D eigenvalue weighted by molar-refractivity contribution is 0.0795. The molecule has 0 saturated carbocycles. The number of carbonyl (C=O) groups excluding carboxylic acids is 1. The summed E-state index contributed by atoms with van der Waals surface area (Å²) in [6, 6.07) is 3.54. The first-order valence-electron chi connectivity index (χ1n) is 5.64. The number of pyridine rings is 1. The average Bonchev–Trinajstić information content (AvgIpc) is 2.29. The highest BCUT2D eigenvalue weighted by Crippen LogP contribution is 2.09. The number of hydrogen-bond acceptors (Lipinski definition) is 3. The Morgan fingerprint density at radius 1 is 1.50 bits per heavy atom. The van der Waals surface area contributed by atoms with Gasteiger partial charge in [-0.2, -0.15) is 0 Å². The van der Waals surface area contributed by atoms with E-state index in [0.29, 0.717) is 5.56 Å². The lowest BCUT2D eigenvalue weighted by Gasteiger charge is -2.16. The van der Waals surface area contributed by atoms with Crippen molar-refractivity contribution < 1.29 is 4.79 Å². The molecule has 0 atom stereocenters. The second-order valence-corrected chi connectivity index (χ2v) is 3.69. The van der Waals surface area contributed by atoms with Crippen molar-refractivity contribution in [3.63, 3.8) is 0 Å². The van der Waals surface area contributed by atoms with Crippen LogP contribution in [0.4, 0.5) is 5.82 Å². The highest BCUT2D eigenvalue weighted by Gasteiger charge is 2.11. The third kappa shape index (κ3) is 3.22. The van der Waals surface area contributed by atoms with Crippen molar-refractivity contribution in [3.8, 4) is 0 Å². The number of amides is 1. The minimum atomic E-state index is 0.0448. The Bertz CT molecular complexity index is 352. The predicted octanol–water partition coefficient (Wildman–Crippen LogP) is 2.00. The Morgan fingerprint density at radius 2 is 2.25 bits per heavy atom. The largest absolute Gasteiger partial charge is 0.370 e. The summed E-state index contributed by atoms with van der Waals surface area (Å²) in [5.74, 6) is 0.793. The Hall–Kier alpha value is -1.58. The van der Waals surface area contributed by atoms with E-state index < -0.39 is 0 Å². The molecule has 0 spiro atoms. The normalized spacial score (nSPS) is 9.94. The van der Waals surface area contributed by atoms with E-state index in [9.17, 15) is 4.79 Å². The number of rotatable bonds is 5. The number of carbonyl (C=O) groups is 1. The summed E-state index contributed by atoms with van der Waals surface area (Å²) in [5.41, 5.74) is 0.682. The second kappa shape index (κ2) is 6.10. The molecule has 0 aliphatic heterocycles.